The van der Waals surface area contributed by atoms with E-state index in [4.69, 9.17) is 9.47 Å². The molecule has 1 aromatic carbocycles. The minimum Gasteiger partial charge on any atom is -0.486 e. The smallest absolute Gasteiger partial charge is 0.244 e. The van der Waals surface area contributed by atoms with E-state index in [2.05, 4.69) is 5.10 Å². The Balaban J connectivity index is 1.68. The number of nitrogens with zero attached hydrogens (tertiary/aromatic N) is 3. The third-order valence-corrected chi connectivity index (χ3v) is 3.57. The van der Waals surface area contributed by atoms with E-state index >= 15 is 0 Å². The molecule has 0 radical (unpaired) electrons. The monoisotopic (exact) mass is 301 g/mol. The average Bonchev–Trinajstić information content (AvgIpc) is 3.05. The Morgan fingerprint density at radius 1 is 1.32 bits per heavy atom. The molecule has 0 aliphatic carbocycles. The largest absolute Gasteiger partial charge is 0.486 e. The Bertz CT molecular complexity index is 640. The molecule has 0 saturated heterocycles. The Morgan fingerprint density at radius 3 is 2.86 bits per heavy atom. The van der Waals surface area contributed by atoms with E-state index in [0.717, 1.165) is 17.1 Å². The third-order valence-electron chi connectivity index (χ3n) is 3.57. The molecular formula is C16H19N3O3. The third kappa shape index (κ3) is 3.21. The lowest BCUT2D eigenvalue weighted by Crippen LogP contribution is -2.33. The van der Waals surface area contributed by atoms with Crippen LogP contribution in [0, 0.1) is 0 Å². The van der Waals surface area contributed by atoms with Gasteiger partial charge in [-0.1, -0.05) is 6.07 Å². The topological polar surface area (TPSA) is 56.6 Å². The second-order valence-corrected chi connectivity index (χ2v) is 5.09. The number of carbonyl (C=O) groups excluding carboxylic acids is 1. The lowest BCUT2D eigenvalue weighted by atomic mass is 10.1. The molecule has 2 heterocycles. The molecule has 22 heavy (non-hydrogen) atoms. The molecule has 0 spiro atoms. The van der Waals surface area contributed by atoms with Gasteiger partial charge in [0.05, 0.1) is 0 Å². The molecule has 0 unspecified atom stereocenters. The van der Waals surface area contributed by atoms with Crippen LogP contribution in [0.15, 0.2) is 36.7 Å². The van der Waals surface area contributed by atoms with Gasteiger partial charge >= 0.3 is 0 Å². The van der Waals surface area contributed by atoms with Crippen LogP contribution in [-0.2, 0) is 17.9 Å². The van der Waals surface area contributed by atoms with E-state index < -0.39 is 0 Å². The molecular weight excluding hydrogens is 282 g/mol. The van der Waals surface area contributed by atoms with Gasteiger partial charge in [-0.3, -0.25) is 9.48 Å². The molecule has 1 aliphatic rings. The lowest BCUT2D eigenvalue weighted by Gasteiger charge is -2.23. The highest BCUT2D eigenvalue weighted by atomic mass is 16.6. The van der Waals surface area contributed by atoms with Crippen molar-refractivity contribution in [2.24, 2.45) is 0 Å². The standard InChI is InChI=1S/C16H19N3O3/c1-2-18(16(20)12-19-7-3-6-17-19)11-13-4-5-14-15(10-13)22-9-8-21-14/h3-7,10H,2,8-9,11-12H2,1H3. The van der Waals surface area contributed by atoms with Crippen molar-refractivity contribution >= 4 is 5.91 Å². The number of ether oxygens (including phenoxy) is 2. The molecule has 3 rings (SSSR count). The van der Waals surface area contributed by atoms with E-state index in [9.17, 15) is 4.79 Å². The summed E-state index contributed by atoms with van der Waals surface area (Å²) in [6.45, 7) is 4.56. The zero-order chi connectivity index (χ0) is 15.4. The quantitative estimate of drug-likeness (QED) is 0.843. The van der Waals surface area contributed by atoms with Crippen molar-refractivity contribution in [3.05, 3.63) is 42.2 Å². The summed E-state index contributed by atoms with van der Waals surface area (Å²) in [5, 5.41) is 4.07. The minimum atomic E-state index is 0.0427. The average molecular weight is 301 g/mol. The Labute approximate surface area is 129 Å². The van der Waals surface area contributed by atoms with Crippen LogP contribution >= 0.6 is 0 Å². The summed E-state index contributed by atoms with van der Waals surface area (Å²) in [6, 6.07) is 7.62. The molecule has 0 N–H and O–H groups in total. The number of fused-ring (bicyclic) bond motifs is 1. The van der Waals surface area contributed by atoms with Gasteiger partial charge in [0.1, 0.15) is 19.8 Å². The van der Waals surface area contributed by atoms with Crippen molar-refractivity contribution in [1.82, 2.24) is 14.7 Å². The minimum absolute atomic E-state index is 0.0427. The number of rotatable bonds is 5. The molecule has 0 fully saturated rings. The first-order chi connectivity index (χ1) is 10.8. The van der Waals surface area contributed by atoms with Gasteiger partial charge in [0.25, 0.3) is 0 Å². The van der Waals surface area contributed by atoms with Crippen LogP contribution in [-0.4, -0.2) is 40.3 Å². The van der Waals surface area contributed by atoms with Gasteiger partial charge in [0, 0.05) is 25.5 Å². The van der Waals surface area contributed by atoms with Crippen molar-refractivity contribution in [3.63, 3.8) is 0 Å². The Kier molecular flexibility index (Phi) is 4.27. The van der Waals surface area contributed by atoms with Gasteiger partial charge in [-0.15, -0.1) is 0 Å². The van der Waals surface area contributed by atoms with Gasteiger partial charge in [-0.05, 0) is 30.7 Å². The van der Waals surface area contributed by atoms with E-state index in [-0.39, 0.29) is 12.5 Å². The highest BCUT2D eigenvalue weighted by Gasteiger charge is 2.16. The first-order valence-corrected chi connectivity index (χ1v) is 7.40. The number of hydrogen-bond donors (Lipinski definition) is 0. The van der Waals surface area contributed by atoms with E-state index in [0.29, 0.717) is 26.3 Å². The Hall–Kier alpha value is -2.50. The molecule has 1 aliphatic heterocycles. The van der Waals surface area contributed by atoms with Crippen LogP contribution in [0.5, 0.6) is 11.5 Å². The summed E-state index contributed by atoms with van der Waals surface area (Å²) in [6.07, 6.45) is 3.46. The maximum Gasteiger partial charge on any atom is 0.244 e. The first kappa shape index (κ1) is 14.4. The number of carbonyl (C=O) groups is 1. The summed E-state index contributed by atoms with van der Waals surface area (Å²) in [5.74, 6) is 1.56. The highest BCUT2D eigenvalue weighted by Crippen LogP contribution is 2.31. The van der Waals surface area contributed by atoms with Gasteiger partial charge in [-0.2, -0.15) is 5.10 Å². The predicted octanol–water partition coefficient (Wildman–Crippen LogP) is 1.70. The van der Waals surface area contributed by atoms with Crippen molar-refractivity contribution in [2.45, 2.75) is 20.0 Å². The number of hydrogen-bond acceptors (Lipinski definition) is 4. The molecule has 2 aromatic rings. The second kappa shape index (κ2) is 6.51. The molecule has 1 amide bonds. The van der Waals surface area contributed by atoms with Crippen LogP contribution in [0.25, 0.3) is 0 Å². The van der Waals surface area contributed by atoms with Crippen molar-refractivity contribution in [2.75, 3.05) is 19.8 Å². The van der Waals surface area contributed by atoms with E-state index in [1.54, 1.807) is 22.0 Å². The van der Waals surface area contributed by atoms with Crippen LogP contribution in [0.3, 0.4) is 0 Å². The fraction of sp³-hybridized carbons (Fsp3) is 0.375. The molecule has 0 atom stereocenters. The van der Waals surface area contributed by atoms with Crippen LogP contribution in [0.2, 0.25) is 0 Å². The van der Waals surface area contributed by atoms with Gasteiger partial charge in [0.15, 0.2) is 11.5 Å². The molecule has 6 nitrogen and oxygen atoms in total. The SMILES string of the molecule is CCN(Cc1ccc2c(c1)OCCO2)C(=O)Cn1cccn1. The zero-order valence-electron chi connectivity index (χ0n) is 12.6. The highest BCUT2D eigenvalue weighted by molar-refractivity contribution is 5.75. The summed E-state index contributed by atoms with van der Waals surface area (Å²) in [7, 11) is 0. The summed E-state index contributed by atoms with van der Waals surface area (Å²) >= 11 is 0. The first-order valence-electron chi connectivity index (χ1n) is 7.40. The van der Waals surface area contributed by atoms with Crippen molar-refractivity contribution in [1.29, 1.82) is 0 Å². The van der Waals surface area contributed by atoms with Crippen molar-refractivity contribution < 1.29 is 14.3 Å². The molecule has 0 saturated carbocycles. The normalized spacial score (nSPS) is 13.0. The summed E-state index contributed by atoms with van der Waals surface area (Å²) < 4.78 is 12.7. The maximum atomic E-state index is 12.3. The number of likely N-dealkylation sites (N-methyl/N-ethyl adjacent to an activating group) is 1. The van der Waals surface area contributed by atoms with Gasteiger partial charge in [-0.25, -0.2) is 0 Å². The van der Waals surface area contributed by atoms with E-state index in [1.165, 1.54) is 0 Å². The molecule has 116 valence electrons. The van der Waals surface area contributed by atoms with Gasteiger partial charge in [0.2, 0.25) is 5.91 Å². The van der Waals surface area contributed by atoms with Crippen molar-refractivity contribution in [3.8, 4) is 11.5 Å². The van der Waals surface area contributed by atoms with Gasteiger partial charge < -0.3 is 14.4 Å². The number of aromatic nitrogens is 2. The maximum absolute atomic E-state index is 12.3. The fourth-order valence-electron chi connectivity index (χ4n) is 2.42. The lowest BCUT2D eigenvalue weighted by molar-refractivity contribution is -0.132. The zero-order valence-corrected chi connectivity index (χ0v) is 12.6. The molecule has 1 aromatic heterocycles. The summed E-state index contributed by atoms with van der Waals surface area (Å²) in [4.78, 5) is 14.1. The van der Waals surface area contributed by atoms with Crippen LogP contribution < -0.4 is 9.47 Å². The molecule has 0 bridgehead atoms. The van der Waals surface area contributed by atoms with Crippen LogP contribution in [0.1, 0.15) is 12.5 Å². The number of benzene rings is 1. The number of amides is 1. The fourth-order valence-corrected chi connectivity index (χ4v) is 2.42. The predicted molar refractivity (Wildman–Crippen MR) is 80.8 cm³/mol. The van der Waals surface area contributed by atoms with Crippen LogP contribution in [0.4, 0.5) is 0 Å². The second-order valence-electron chi connectivity index (χ2n) is 5.09. The summed E-state index contributed by atoms with van der Waals surface area (Å²) in [5.41, 5.74) is 1.03. The molecule has 6 heteroatoms. The Morgan fingerprint density at radius 2 is 2.14 bits per heavy atom. The van der Waals surface area contributed by atoms with E-state index in [1.807, 2.05) is 31.2 Å².